The van der Waals surface area contributed by atoms with Gasteiger partial charge >= 0.3 is 0 Å². The number of rotatable bonds is 4. The van der Waals surface area contributed by atoms with Crippen LogP contribution in [0.1, 0.15) is 25.0 Å². The number of hydrogen-bond donors (Lipinski definition) is 3. The SMILES string of the molecule is C[C@H](Cc1c[nH]c2ccccc12)C1(C)NC=C(c2ccccc2)N1. The van der Waals surface area contributed by atoms with Gasteiger partial charge in [-0.25, -0.2) is 0 Å². The van der Waals surface area contributed by atoms with E-state index in [0.717, 1.165) is 12.1 Å². The van der Waals surface area contributed by atoms with Crippen molar-refractivity contribution in [3.8, 4) is 0 Å². The van der Waals surface area contributed by atoms with E-state index in [9.17, 15) is 0 Å². The Bertz CT molecular complexity index is 878. The van der Waals surface area contributed by atoms with Crippen molar-refractivity contribution in [3.63, 3.8) is 0 Å². The summed E-state index contributed by atoms with van der Waals surface area (Å²) in [7, 11) is 0. The molecule has 3 nitrogen and oxygen atoms in total. The van der Waals surface area contributed by atoms with Crippen LogP contribution < -0.4 is 10.6 Å². The summed E-state index contributed by atoms with van der Waals surface area (Å²) in [6, 6.07) is 19.0. The van der Waals surface area contributed by atoms with E-state index < -0.39 is 0 Å². The van der Waals surface area contributed by atoms with Gasteiger partial charge in [0.15, 0.2) is 0 Å². The molecule has 4 rings (SSSR count). The first kappa shape index (κ1) is 14.9. The highest BCUT2D eigenvalue weighted by Crippen LogP contribution is 2.29. The van der Waals surface area contributed by atoms with Crippen LogP contribution in [0.3, 0.4) is 0 Å². The van der Waals surface area contributed by atoms with E-state index in [1.807, 2.05) is 6.07 Å². The summed E-state index contributed by atoms with van der Waals surface area (Å²) in [4.78, 5) is 3.38. The molecule has 0 amide bonds. The van der Waals surface area contributed by atoms with Crippen molar-refractivity contribution in [2.75, 3.05) is 0 Å². The maximum absolute atomic E-state index is 3.68. The first-order valence-corrected chi connectivity index (χ1v) is 8.52. The number of aromatic nitrogens is 1. The van der Waals surface area contributed by atoms with Gasteiger partial charge in [0.1, 0.15) is 5.66 Å². The van der Waals surface area contributed by atoms with E-state index in [1.165, 1.54) is 22.0 Å². The molecule has 1 aliphatic heterocycles. The fourth-order valence-corrected chi connectivity index (χ4v) is 3.45. The molecule has 0 spiro atoms. The highest BCUT2D eigenvalue weighted by molar-refractivity contribution is 5.83. The zero-order valence-electron chi connectivity index (χ0n) is 14.1. The molecule has 0 bridgehead atoms. The third kappa shape index (κ3) is 2.56. The molecule has 2 heterocycles. The molecular formula is C21H23N3. The summed E-state index contributed by atoms with van der Waals surface area (Å²) in [5, 5.41) is 8.56. The minimum Gasteiger partial charge on any atom is -0.367 e. The number of aromatic amines is 1. The normalized spacial score (nSPS) is 21.2. The zero-order valence-corrected chi connectivity index (χ0v) is 14.1. The van der Waals surface area contributed by atoms with E-state index >= 15 is 0 Å². The van der Waals surface area contributed by atoms with Gasteiger partial charge in [0, 0.05) is 29.2 Å². The Morgan fingerprint density at radius 2 is 1.75 bits per heavy atom. The maximum Gasteiger partial charge on any atom is 0.107 e. The smallest absolute Gasteiger partial charge is 0.107 e. The molecule has 2 aromatic carbocycles. The molecule has 0 fully saturated rings. The highest BCUT2D eigenvalue weighted by Gasteiger charge is 2.34. The molecule has 0 radical (unpaired) electrons. The fraction of sp³-hybridized carbons (Fsp3) is 0.238. The van der Waals surface area contributed by atoms with Crippen molar-refractivity contribution in [1.82, 2.24) is 15.6 Å². The van der Waals surface area contributed by atoms with Gasteiger partial charge in [-0.05, 0) is 30.5 Å². The lowest BCUT2D eigenvalue weighted by Gasteiger charge is -2.34. The average molecular weight is 317 g/mol. The van der Waals surface area contributed by atoms with Gasteiger partial charge in [-0.2, -0.15) is 0 Å². The summed E-state index contributed by atoms with van der Waals surface area (Å²) < 4.78 is 0. The molecule has 0 aliphatic carbocycles. The third-order valence-electron chi connectivity index (χ3n) is 5.18. The molecule has 3 heteroatoms. The van der Waals surface area contributed by atoms with Gasteiger partial charge in [-0.3, -0.25) is 0 Å². The molecule has 122 valence electrons. The Balaban J connectivity index is 1.52. The van der Waals surface area contributed by atoms with Crippen molar-refractivity contribution < 1.29 is 0 Å². The molecule has 1 aliphatic rings. The lowest BCUT2D eigenvalue weighted by atomic mass is 9.89. The average Bonchev–Trinajstić information content (AvgIpc) is 3.21. The van der Waals surface area contributed by atoms with E-state index in [0.29, 0.717) is 5.92 Å². The summed E-state index contributed by atoms with van der Waals surface area (Å²) in [5.74, 6) is 0.425. The monoisotopic (exact) mass is 317 g/mol. The quantitative estimate of drug-likeness (QED) is 0.673. The van der Waals surface area contributed by atoms with Gasteiger partial charge in [0.2, 0.25) is 0 Å². The maximum atomic E-state index is 3.68. The highest BCUT2D eigenvalue weighted by atomic mass is 15.2. The van der Waals surface area contributed by atoms with Gasteiger partial charge in [-0.15, -0.1) is 0 Å². The zero-order chi connectivity index (χ0) is 16.6. The second-order valence-electron chi connectivity index (χ2n) is 6.86. The molecular weight excluding hydrogens is 294 g/mol. The predicted octanol–water partition coefficient (Wildman–Crippen LogP) is 4.25. The first-order chi connectivity index (χ1) is 11.7. The van der Waals surface area contributed by atoms with Crippen LogP contribution >= 0.6 is 0 Å². The molecule has 2 atom stereocenters. The first-order valence-electron chi connectivity index (χ1n) is 8.52. The number of hydrogen-bond acceptors (Lipinski definition) is 2. The molecule has 1 unspecified atom stereocenters. The van der Waals surface area contributed by atoms with E-state index in [2.05, 4.69) is 90.4 Å². The van der Waals surface area contributed by atoms with Crippen LogP contribution in [0.25, 0.3) is 16.6 Å². The second kappa shape index (κ2) is 5.75. The van der Waals surface area contributed by atoms with Gasteiger partial charge < -0.3 is 15.6 Å². The van der Waals surface area contributed by atoms with Crippen LogP contribution in [0.2, 0.25) is 0 Å². The predicted molar refractivity (Wildman–Crippen MR) is 100 cm³/mol. The summed E-state index contributed by atoms with van der Waals surface area (Å²) in [5.41, 5.74) is 4.80. The largest absolute Gasteiger partial charge is 0.367 e. The Hall–Kier alpha value is -2.68. The van der Waals surface area contributed by atoms with Crippen molar-refractivity contribution in [2.24, 2.45) is 5.92 Å². The minimum atomic E-state index is -0.149. The van der Waals surface area contributed by atoms with E-state index in [-0.39, 0.29) is 5.66 Å². The molecule has 24 heavy (non-hydrogen) atoms. The van der Waals surface area contributed by atoms with Crippen molar-refractivity contribution in [3.05, 3.63) is 78.1 Å². The van der Waals surface area contributed by atoms with Crippen LogP contribution in [0.15, 0.2) is 67.0 Å². The van der Waals surface area contributed by atoms with Crippen LogP contribution in [-0.4, -0.2) is 10.6 Å². The van der Waals surface area contributed by atoms with Gasteiger partial charge in [0.25, 0.3) is 0 Å². The molecule has 3 N–H and O–H groups in total. The topological polar surface area (TPSA) is 39.9 Å². The standard InChI is InChI=1S/C21H23N3/c1-15(12-17-13-22-19-11-7-6-10-18(17)19)21(2)23-14-20(24-21)16-8-4-3-5-9-16/h3-11,13-15,22-24H,12H2,1-2H3/t15-,21?/m1/s1. The van der Waals surface area contributed by atoms with Crippen LogP contribution in [0.5, 0.6) is 0 Å². The molecule has 1 aromatic heterocycles. The van der Waals surface area contributed by atoms with Crippen molar-refractivity contribution >= 4 is 16.6 Å². The lowest BCUT2D eigenvalue weighted by molar-refractivity contribution is 0.259. The Kier molecular flexibility index (Phi) is 3.57. The second-order valence-corrected chi connectivity index (χ2v) is 6.86. The van der Waals surface area contributed by atoms with Crippen molar-refractivity contribution in [2.45, 2.75) is 25.9 Å². The summed E-state index contributed by atoms with van der Waals surface area (Å²) >= 11 is 0. The van der Waals surface area contributed by atoms with Crippen molar-refractivity contribution in [1.29, 1.82) is 0 Å². The number of nitrogens with one attached hydrogen (secondary N) is 3. The summed E-state index contributed by atoms with van der Waals surface area (Å²) in [6.45, 7) is 4.53. The van der Waals surface area contributed by atoms with Crippen LogP contribution in [0.4, 0.5) is 0 Å². The fourth-order valence-electron chi connectivity index (χ4n) is 3.45. The number of fused-ring (bicyclic) bond motifs is 1. The Morgan fingerprint density at radius 3 is 2.58 bits per heavy atom. The molecule has 0 saturated heterocycles. The minimum absolute atomic E-state index is 0.149. The third-order valence-corrected chi connectivity index (χ3v) is 5.18. The Morgan fingerprint density at radius 1 is 1.00 bits per heavy atom. The number of benzene rings is 2. The van der Waals surface area contributed by atoms with E-state index in [1.54, 1.807) is 0 Å². The summed E-state index contributed by atoms with van der Waals surface area (Å²) in [6.07, 6.45) is 5.25. The van der Waals surface area contributed by atoms with E-state index in [4.69, 9.17) is 0 Å². The lowest BCUT2D eigenvalue weighted by Crippen LogP contribution is -2.52. The molecule has 3 aromatic rings. The molecule has 0 saturated carbocycles. The van der Waals surface area contributed by atoms with Gasteiger partial charge in [-0.1, -0.05) is 55.5 Å². The number of para-hydroxylation sites is 1. The van der Waals surface area contributed by atoms with Gasteiger partial charge in [0.05, 0.1) is 5.70 Å². The number of H-pyrrole nitrogens is 1. The van der Waals surface area contributed by atoms with Crippen LogP contribution in [0, 0.1) is 5.92 Å². The Labute approximate surface area is 142 Å². The van der Waals surface area contributed by atoms with Crippen LogP contribution in [-0.2, 0) is 6.42 Å².